The van der Waals surface area contributed by atoms with Crippen LogP contribution in [0.4, 0.5) is 9.59 Å². The number of imide groups is 1. The third-order valence-corrected chi connectivity index (χ3v) is 3.39. The van der Waals surface area contributed by atoms with Gasteiger partial charge in [0.15, 0.2) is 0 Å². The number of ether oxygens (including phenoxy) is 1. The molecule has 0 bridgehead atoms. The first-order valence-corrected chi connectivity index (χ1v) is 6.19. The predicted octanol–water partition coefficient (Wildman–Crippen LogP) is 3.18. The van der Waals surface area contributed by atoms with Crippen molar-refractivity contribution in [3.63, 3.8) is 0 Å². The number of rotatable bonds is 3. The Morgan fingerprint density at radius 1 is 1.62 bits per heavy atom. The monoisotopic (exact) mass is 353 g/mol. The van der Waals surface area contributed by atoms with Crippen molar-refractivity contribution in [2.75, 3.05) is 13.0 Å². The zero-order chi connectivity index (χ0) is 10.4. The summed E-state index contributed by atoms with van der Waals surface area (Å²) < 4.78 is 4.29. The molecular formula is C5H6Br2ClNO3S. The van der Waals surface area contributed by atoms with Gasteiger partial charge in [-0.15, -0.1) is 11.8 Å². The number of amides is 2. The lowest BCUT2D eigenvalue weighted by Gasteiger charge is -2.15. The van der Waals surface area contributed by atoms with Crippen LogP contribution in [0.5, 0.6) is 0 Å². The molecule has 0 atom stereocenters. The summed E-state index contributed by atoms with van der Waals surface area (Å²) in [6, 6.07) is 0. The van der Waals surface area contributed by atoms with Gasteiger partial charge in [0, 0.05) is 0 Å². The minimum absolute atomic E-state index is 0.0526. The van der Waals surface area contributed by atoms with Crippen LogP contribution >= 0.6 is 55.2 Å². The summed E-state index contributed by atoms with van der Waals surface area (Å²) >= 11 is 12.7. The molecule has 2 amide bonds. The standard InChI is InChI=1S/C5H6Br2ClNO3S/c1-12-5(11)9(4(8)10)2-13-3(6)7/h3H,2H2,1H3. The molecule has 0 rings (SSSR count). The average molecular weight is 355 g/mol. The van der Waals surface area contributed by atoms with E-state index in [1.807, 2.05) is 0 Å². The van der Waals surface area contributed by atoms with Gasteiger partial charge < -0.3 is 4.74 Å². The summed E-state index contributed by atoms with van der Waals surface area (Å²) in [5.74, 6) is 0.121. The number of methoxy groups -OCH3 is 1. The quantitative estimate of drug-likeness (QED) is 0.338. The van der Waals surface area contributed by atoms with Crippen molar-refractivity contribution in [3.8, 4) is 0 Å². The molecule has 0 aromatic heterocycles. The minimum atomic E-state index is -0.861. The number of carbonyl (C=O) groups is 2. The Bertz CT molecular complexity index is 204. The molecule has 0 aromatic rings. The van der Waals surface area contributed by atoms with E-state index in [0.717, 1.165) is 4.90 Å². The number of nitrogens with zero attached hydrogens (tertiary/aromatic N) is 1. The van der Waals surface area contributed by atoms with Crippen molar-refractivity contribution < 1.29 is 14.3 Å². The fraction of sp³-hybridized carbons (Fsp3) is 0.600. The third kappa shape index (κ3) is 5.77. The second-order valence-corrected chi connectivity index (χ2v) is 7.37. The smallest absolute Gasteiger partial charge is 0.417 e. The Balaban J connectivity index is 4.11. The highest BCUT2D eigenvalue weighted by Gasteiger charge is 2.20. The van der Waals surface area contributed by atoms with Crippen molar-refractivity contribution in [2.24, 2.45) is 0 Å². The van der Waals surface area contributed by atoms with Crippen LogP contribution < -0.4 is 0 Å². The number of alkyl halides is 2. The molecule has 0 aromatic carbocycles. The highest BCUT2D eigenvalue weighted by atomic mass is 79.9. The van der Waals surface area contributed by atoms with Gasteiger partial charge in [-0.05, 0) is 11.6 Å². The number of carbonyl (C=O) groups excluding carboxylic acids is 2. The molecule has 4 nitrogen and oxygen atoms in total. The van der Waals surface area contributed by atoms with Crippen LogP contribution in [0.2, 0.25) is 0 Å². The van der Waals surface area contributed by atoms with Gasteiger partial charge in [0.05, 0.1) is 13.0 Å². The molecule has 0 aliphatic rings. The SMILES string of the molecule is COC(=O)N(CSC(Br)Br)C(=O)Cl. The van der Waals surface area contributed by atoms with Gasteiger partial charge in [-0.3, -0.25) is 4.79 Å². The largest absolute Gasteiger partial charge is 0.452 e. The van der Waals surface area contributed by atoms with Gasteiger partial charge in [0.2, 0.25) is 0 Å². The zero-order valence-corrected chi connectivity index (χ0v) is 11.2. The first kappa shape index (κ1) is 13.5. The molecule has 0 heterocycles. The molecule has 0 aliphatic heterocycles. The van der Waals surface area contributed by atoms with Gasteiger partial charge in [-0.25, -0.2) is 9.69 Å². The van der Waals surface area contributed by atoms with E-state index in [-0.39, 0.29) is 8.95 Å². The van der Waals surface area contributed by atoms with Crippen LogP contribution in [0.15, 0.2) is 0 Å². The van der Waals surface area contributed by atoms with Crippen molar-refractivity contribution >= 4 is 66.7 Å². The summed E-state index contributed by atoms with van der Waals surface area (Å²) in [7, 11) is 1.18. The van der Waals surface area contributed by atoms with E-state index in [0.29, 0.717) is 0 Å². The van der Waals surface area contributed by atoms with Crippen LogP contribution in [-0.2, 0) is 4.74 Å². The predicted molar refractivity (Wildman–Crippen MR) is 59.6 cm³/mol. The maximum atomic E-state index is 10.9. The normalized spacial score (nSPS) is 9.92. The molecule has 0 unspecified atom stereocenters. The maximum Gasteiger partial charge on any atom is 0.417 e. The summed E-state index contributed by atoms with van der Waals surface area (Å²) in [6.45, 7) is 0. The summed E-state index contributed by atoms with van der Waals surface area (Å²) in [4.78, 5) is 22.4. The third-order valence-electron chi connectivity index (χ3n) is 0.937. The molecule has 0 saturated carbocycles. The first-order valence-electron chi connectivity index (χ1n) is 2.93. The van der Waals surface area contributed by atoms with Gasteiger partial charge in [0.25, 0.3) is 0 Å². The highest BCUT2D eigenvalue weighted by molar-refractivity contribution is 9.27. The fourth-order valence-electron chi connectivity index (χ4n) is 0.416. The number of hydrogen-bond donors (Lipinski definition) is 0. The molecule has 0 spiro atoms. The van der Waals surface area contributed by atoms with E-state index < -0.39 is 11.5 Å². The molecule has 0 radical (unpaired) electrons. The van der Waals surface area contributed by atoms with E-state index in [1.165, 1.54) is 18.9 Å². The summed E-state index contributed by atoms with van der Waals surface area (Å²) in [6.07, 6.45) is -0.770. The number of thioether (sulfide) groups is 1. The molecule has 13 heavy (non-hydrogen) atoms. The second-order valence-electron chi connectivity index (χ2n) is 1.71. The minimum Gasteiger partial charge on any atom is -0.452 e. The second kappa shape index (κ2) is 6.92. The highest BCUT2D eigenvalue weighted by Crippen LogP contribution is 2.24. The first-order chi connectivity index (χ1) is 5.99. The summed E-state index contributed by atoms with van der Waals surface area (Å²) in [5.41, 5.74) is 0. The van der Waals surface area contributed by atoms with Crippen LogP contribution in [0, 0.1) is 0 Å². The van der Waals surface area contributed by atoms with Crippen LogP contribution in [0.25, 0.3) is 0 Å². The van der Waals surface area contributed by atoms with Crippen molar-refractivity contribution in [1.82, 2.24) is 4.90 Å². The van der Waals surface area contributed by atoms with Crippen LogP contribution in [0.3, 0.4) is 0 Å². The van der Waals surface area contributed by atoms with E-state index in [1.54, 1.807) is 0 Å². The average Bonchev–Trinajstić information content (AvgIpc) is 2.03. The summed E-state index contributed by atoms with van der Waals surface area (Å²) in [5, 5.41) is -0.861. The van der Waals surface area contributed by atoms with Crippen LogP contribution in [0.1, 0.15) is 0 Å². The van der Waals surface area contributed by atoms with E-state index in [9.17, 15) is 9.59 Å². The molecule has 0 saturated heterocycles. The Hall–Kier alpha value is 0.540. The van der Waals surface area contributed by atoms with Gasteiger partial charge in [-0.2, -0.15) is 0 Å². The molecule has 0 fully saturated rings. The topological polar surface area (TPSA) is 46.6 Å². The van der Waals surface area contributed by atoms with E-state index in [2.05, 4.69) is 36.6 Å². The van der Waals surface area contributed by atoms with Gasteiger partial charge >= 0.3 is 11.5 Å². The van der Waals surface area contributed by atoms with Gasteiger partial charge in [0.1, 0.15) is 3.07 Å². The molecule has 0 aliphatic carbocycles. The molecule has 8 heteroatoms. The van der Waals surface area contributed by atoms with Crippen molar-refractivity contribution in [3.05, 3.63) is 0 Å². The number of halogens is 3. The zero-order valence-electron chi connectivity index (χ0n) is 6.50. The van der Waals surface area contributed by atoms with Crippen LogP contribution in [-0.4, -0.2) is 32.4 Å². The maximum absolute atomic E-state index is 10.9. The Morgan fingerprint density at radius 2 is 2.15 bits per heavy atom. The van der Waals surface area contributed by atoms with Crippen molar-refractivity contribution in [2.45, 2.75) is 3.07 Å². The molecule has 76 valence electrons. The molecular weight excluding hydrogens is 349 g/mol. The van der Waals surface area contributed by atoms with Crippen molar-refractivity contribution in [1.29, 1.82) is 0 Å². The lowest BCUT2D eigenvalue weighted by Crippen LogP contribution is -2.32. The van der Waals surface area contributed by atoms with E-state index >= 15 is 0 Å². The molecule has 0 N–H and O–H groups in total. The Labute approximate surface area is 102 Å². The Morgan fingerprint density at radius 3 is 2.46 bits per heavy atom. The van der Waals surface area contributed by atoms with Gasteiger partial charge in [-0.1, -0.05) is 31.9 Å². The Kier molecular flexibility index (Phi) is 7.20. The fourth-order valence-corrected chi connectivity index (χ4v) is 1.81. The lowest BCUT2D eigenvalue weighted by molar-refractivity contribution is 0.141. The van der Waals surface area contributed by atoms with E-state index in [4.69, 9.17) is 11.6 Å². The number of hydrogen-bond acceptors (Lipinski definition) is 4. The lowest BCUT2D eigenvalue weighted by atomic mass is 10.9.